The molecule has 0 fully saturated rings. The van der Waals surface area contributed by atoms with Gasteiger partial charge in [0.2, 0.25) is 0 Å². The first-order valence-electron chi connectivity index (χ1n) is 8.09. The summed E-state index contributed by atoms with van der Waals surface area (Å²) in [7, 11) is 0. The van der Waals surface area contributed by atoms with Crippen LogP contribution in [0.3, 0.4) is 0 Å². The van der Waals surface area contributed by atoms with E-state index in [1.165, 1.54) is 24.4 Å². The molecule has 0 bridgehead atoms. The summed E-state index contributed by atoms with van der Waals surface area (Å²) in [6, 6.07) is 20.9. The highest BCUT2D eigenvalue weighted by Crippen LogP contribution is 2.13. The fourth-order valence-electron chi connectivity index (χ4n) is 2.23. The van der Waals surface area contributed by atoms with Crippen molar-refractivity contribution in [2.75, 3.05) is 0 Å². The van der Waals surface area contributed by atoms with Gasteiger partial charge in [0.05, 0.1) is 17.3 Å². The van der Waals surface area contributed by atoms with E-state index in [0.29, 0.717) is 16.9 Å². The highest BCUT2D eigenvalue weighted by Gasteiger charge is 2.09. The Hall–Kier alpha value is -3.80. The van der Waals surface area contributed by atoms with Crippen LogP contribution in [0.1, 0.15) is 26.3 Å². The monoisotopic (exact) mass is 362 g/mol. The van der Waals surface area contributed by atoms with Crippen molar-refractivity contribution < 1.29 is 18.7 Å². The Bertz CT molecular complexity index is 970. The fraction of sp³-hybridized carbons (Fsp3) is 0. The lowest BCUT2D eigenvalue weighted by atomic mass is 10.2. The van der Waals surface area contributed by atoms with Crippen LogP contribution >= 0.6 is 0 Å². The number of hydrogen-bond acceptors (Lipinski definition) is 4. The van der Waals surface area contributed by atoms with E-state index in [1.54, 1.807) is 54.6 Å². The van der Waals surface area contributed by atoms with Crippen molar-refractivity contribution in [2.24, 2.45) is 5.10 Å². The van der Waals surface area contributed by atoms with Crippen LogP contribution in [0.15, 0.2) is 84.0 Å². The lowest BCUT2D eigenvalue weighted by molar-refractivity contribution is 0.0734. The van der Waals surface area contributed by atoms with Crippen LogP contribution in [0.2, 0.25) is 0 Å². The molecule has 134 valence electrons. The fourth-order valence-corrected chi connectivity index (χ4v) is 2.23. The predicted molar refractivity (Wildman–Crippen MR) is 99.3 cm³/mol. The average Bonchev–Trinajstić information content (AvgIpc) is 2.70. The maximum absolute atomic E-state index is 13.5. The van der Waals surface area contributed by atoms with Gasteiger partial charge in [0.25, 0.3) is 5.91 Å². The number of nitrogens with one attached hydrogen (secondary N) is 1. The summed E-state index contributed by atoms with van der Waals surface area (Å²) in [6.07, 6.45) is 1.40. The molecule has 6 heteroatoms. The molecule has 3 aromatic rings. The number of hydrazone groups is 1. The predicted octanol–water partition coefficient (Wildman–Crippen LogP) is 3.81. The van der Waals surface area contributed by atoms with Crippen LogP contribution in [0.5, 0.6) is 5.75 Å². The molecule has 0 spiro atoms. The number of rotatable bonds is 5. The van der Waals surface area contributed by atoms with E-state index in [0.717, 1.165) is 0 Å². The number of halogens is 1. The summed E-state index contributed by atoms with van der Waals surface area (Å²) in [4.78, 5) is 23.8. The maximum atomic E-state index is 13.5. The van der Waals surface area contributed by atoms with E-state index >= 15 is 0 Å². The minimum Gasteiger partial charge on any atom is -0.423 e. The molecule has 0 aliphatic carbocycles. The second-order valence-corrected chi connectivity index (χ2v) is 5.50. The molecule has 0 unspecified atom stereocenters. The Morgan fingerprint density at radius 3 is 2.26 bits per heavy atom. The number of carbonyl (C=O) groups is 2. The van der Waals surface area contributed by atoms with Gasteiger partial charge < -0.3 is 4.74 Å². The molecule has 0 aliphatic heterocycles. The molecule has 1 amide bonds. The molecule has 1 N–H and O–H groups in total. The SMILES string of the molecule is O=C(Oc1ccc(C=NNC(=O)c2ccccc2F)cc1)c1ccccc1. The van der Waals surface area contributed by atoms with Gasteiger partial charge in [0, 0.05) is 0 Å². The first kappa shape index (κ1) is 18.0. The van der Waals surface area contributed by atoms with E-state index in [9.17, 15) is 14.0 Å². The summed E-state index contributed by atoms with van der Waals surface area (Å²) < 4.78 is 18.8. The average molecular weight is 362 g/mol. The molecule has 0 aromatic heterocycles. The van der Waals surface area contributed by atoms with Crippen molar-refractivity contribution >= 4 is 18.1 Å². The van der Waals surface area contributed by atoms with Crippen molar-refractivity contribution in [2.45, 2.75) is 0 Å². The smallest absolute Gasteiger partial charge is 0.343 e. The normalized spacial score (nSPS) is 10.6. The van der Waals surface area contributed by atoms with Crippen molar-refractivity contribution in [1.82, 2.24) is 5.43 Å². The van der Waals surface area contributed by atoms with Gasteiger partial charge in [-0.15, -0.1) is 0 Å². The van der Waals surface area contributed by atoms with Crippen molar-refractivity contribution in [3.05, 3.63) is 101 Å². The number of hydrogen-bond donors (Lipinski definition) is 1. The number of ether oxygens (including phenoxy) is 1. The summed E-state index contributed by atoms with van der Waals surface area (Å²) in [5.41, 5.74) is 3.30. The van der Waals surface area contributed by atoms with Gasteiger partial charge in [-0.1, -0.05) is 30.3 Å². The number of benzene rings is 3. The third kappa shape index (κ3) is 4.85. The molecule has 5 nitrogen and oxygen atoms in total. The van der Waals surface area contributed by atoms with Gasteiger partial charge in [0.15, 0.2) is 0 Å². The summed E-state index contributed by atoms with van der Waals surface area (Å²) in [5, 5.41) is 3.80. The molecule has 0 radical (unpaired) electrons. The zero-order chi connectivity index (χ0) is 19.1. The van der Waals surface area contributed by atoms with Gasteiger partial charge in [-0.25, -0.2) is 14.6 Å². The second kappa shape index (κ2) is 8.53. The van der Waals surface area contributed by atoms with E-state index in [4.69, 9.17) is 4.74 Å². The molecule has 3 rings (SSSR count). The molecule has 0 saturated heterocycles. The Morgan fingerprint density at radius 1 is 0.889 bits per heavy atom. The summed E-state index contributed by atoms with van der Waals surface area (Å²) >= 11 is 0. The van der Waals surface area contributed by atoms with E-state index in [2.05, 4.69) is 10.5 Å². The highest BCUT2D eigenvalue weighted by atomic mass is 19.1. The molecular weight excluding hydrogens is 347 g/mol. The standard InChI is InChI=1S/C21H15FN2O3/c22-19-9-5-4-8-18(19)20(25)24-23-14-15-10-12-17(13-11-15)27-21(26)16-6-2-1-3-7-16/h1-14H,(H,24,25). The molecule has 27 heavy (non-hydrogen) atoms. The Labute approximate surface area is 155 Å². The minimum absolute atomic E-state index is 0.0853. The van der Waals surface area contributed by atoms with Gasteiger partial charge in [-0.05, 0) is 54.1 Å². The van der Waals surface area contributed by atoms with E-state index in [-0.39, 0.29) is 5.56 Å². The second-order valence-electron chi connectivity index (χ2n) is 5.50. The van der Waals surface area contributed by atoms with Crippen LogP contribution in [-0.2, 0) is 0 Å². The van der Waals surface area contributed by atoms with Gasteiger partial charge >= 0.3 is 5.97 Å². The molecule has 0 heterocycles. The number of esters is 1. The number of nitrogens with zero attached hydrogens (tertiary/aromatic N) is 1. The van der Waals surface area contributed by atoms with Gasteiger partial charge in [-0.3, -0.25) is 4.79 Å². The first-order chi connectivity index (χ1) is 13.1. The first-order valence-corrected chi connectivity index (χ1v) is 8.09. The third-order valence-electron chi connectivity index (χ3n) is 3.60. The molecule has 0 aliphatic rings. The van der Waals surface area contributed by atoms with Crippen molar-refractivity contribution in [3.63, 3.8) is 0 Å². The lowest BCUT2D eigenvalue weighted by Gasteiger charge is -2.04. The highest BCUT2D eigenvalue weighted by molar-refractivity contribution is 5.95. The maximum Gasteiger partial charge on any atom is 0.343 e. The topological polar surface area (TPSA) is 67.8 Å². The molecule has 0 saturated carbocycles. The molecular formula is C21H15FN2O3. The van der Waals surface area contributed by atoms with Crippen molar-refractivity contribution in [3.8, 4) is 5.75 Å². The molecule has 0 atom stereocenters. The Kier molecular flexibility index (Phi) is 5.69. The van der Waals surface area contributed by atoms with Gasteiger partial charge in [0.1, 0.15) is 11.6 Å². The Balaban J connectivity index is 1.57. The number of amides is 1. The van der Waals surface area contributed by atoms with E-state index in [1.807, 2.05) is 6.07 Å². The largest absolute Gasteiger partial charge is 0.423 e. The van der Waals surface area contributed by atoms with Gasteiger partial charge in [-0.2, -0.15) is 5.10 Å². The Morgan fingerprint density at radius 2 is 1.56 bits per heavy atom. The van der Waals surface area contributed by atoms with E-state index < -0.39 is 17.7 Å². The van der Waals surface area contributed by atoms with Crippen molar-refractivity contribution in [1.29, 1.82) is 0 Å². The quantitative estimate of drug-likeness (QED) is 0.325. The number of carbonyl (C=O) groups excluding carboxylic acids is 2. The third-order valence-corrected chi connectivity index (χ3v) is 3.60. The zero-order valence-electron chi connectivity index (χ0n) is 14.1. The summed E-state index contributed by atoms with van der Waals surface area (Å²) in [5.74, 6) is -1.32. The zero-order valence-corrected chi connectivity index (χ0v) is 14.1. The summed E-state index contributed by atoms with van der Waals surface area (Å²) in [6.45, 7) is 0. The lowest BCUT2D eigenvalue weighted by Crippen LogP contribution is -2.18. The minimum atomic E-state index is -0.641. The van der Waals surface area contributed by atoms with Crippen LogP contribution < -0.4 is 10.2 Å². The van der Waals surface area contributed by atoms with Crippen LogP contribution in [0.25, 0.3) is 0 Å². The van der Waals surface area contributed by atoms with Crippen LogP contribution in [0, 0.1) is 5.82 Å². The van der Waals surface area contributed by atoms with Crippen LogP contribution in [-0.4, -0.2) is 18.1 Å². The molecule has 3 aromatic carbocycles. The van der Waals surface area contributed by atoms with Crippen LogP contribution in [0.4, 0.5) is 4.39 Å².